The van der Waals surface area contributed by atoms with Crippen LogP contribution in [0, 0.1) is 5.92 Å². The molecule has 2 rings (SSSR count). The molecule has 0 radical (unpaired) electrons. The molecule has 6 nitrogen and oxygen atoms in total. The van der Waals surface area contributed by atoms with Gasteiger partial charge in [-0.15, -0.1) is 0 Å². The van der Waals surface area contributed by atoms with E-state index >= 15 is 0 Å². The Labute approximate surface area is 113 Å². The van der Waals surface area contributed by atoms with Crippen molar-refractivity contribution >= 4 is 20.0 Å². The fourth-order valence-corrected chi connectivity index (χ4v) is 4.43. The van der Waals surface area contributed by atoms with Crippen molar-refractivity contribution in [3.05, 3.63) is 24.3 Å². The highest BCUT2D eigenvalue weighted by Crippen LogP contribution is 2.31. The third kappa shape index (κ3) is 3.14. The van der Waals surface area contributed by atoms with E-state index in [-0.39, 0.29) is 9.79 Å². The van der Waals surface area contributed by atoms with Gasteiger partial charge in [-0.2, -0.15) is 0 Å². The number of nitrogens with two attached hydrogens (primary N) is 1. The second-order valence-electron chi connectivity index (χ2n) is 4.72. The van der Waals surface area contributed by atoms with Crippen LogP contribution in [0.3, 0.4) is 0 Å². The minimum atomic E-state index is -4.07. The van der Waals surface area contributed by atoms with Gasteiger partial charge in [0.05, 0.1) is 0 Å². The van der Waals surface area contributed by atoms with Gasteiger partial charge in [0, 0.05) is 13.6 Å². The molecule has 1 aromatic rings. The summed E-state index contributed by atoms with van der Waals surface area (Å²) in [6.45, 7) is 0.404. The Hall–Kier alpha value is -0.960. The van der Waals surface area contributed by atoms with E-state index < -0.39 is 20.0 Å². The first-order valence-corrected chi connectivity index (χ1v) is 8.80. The molecule has 0 aliphatic heterocycles. The molecule has 0 saturated heterocycles. The van der Waals surface area contributed by atoms with Gasteiger partial charge in [0.2, 0.25) is 20.0 Å². The summed E-state index contributed by atoms with van der Waals surface area (Å²) < 4.78 is 48.8. The van der Waals surface area contributed by atoms with Crippen molar-refractivity contribution in [2.24, 2.45) is 11.1 Å². The van der Waals surface area contributed by atoms with Crippen LogP contribution >= 0.6 is 0 Å². The van der Waals surface area contributed by atoms with Crippen molar-refractivity contribution in [3.63, 3.8) is 0 Å². The molecule has 1 saturated carbocycles. The summed E-state index contributed by atoms with van der Waals surface area (Å²) >= 11 is 0. The van der Waals surface area contributed by atoms with Crippen molar-refractivity contribution in [2.45, 2.75) is 22.6 Å². The molecule has 1 aromatic carbocycles. The molecule has 1 fully saturated rings. The Balaban J connectivity index is 2.45. The molecule has 0 amide bonds. The highest BCUT2D eigenvalue weighted by molar-refractivity contribution is 7.92. The highest BCUT2D eigenvalue weighted by atomic mass is 32.2. The van der Waals surface area contributed by atoms with Crippen LogP contribution in [0.1, 0.15) is 12.8 Å². The highest BCUT2D eigenvalue weighted by Gasteiger charge is 2.32. The van der Waals surface area contributed by atoms with Crippen LogP contribution in [0.15, 0.2) is 34.1 Å². The monoisotopic (exact) mass is 304 g/mol. The summed E-state index contributed by atoms with van der Waals surface area (Å²) in [6, 6.07) is 5.39. The average Bonchev–Trinajstić information content (AvgIpc) is 3.11. The number of hydrogen-bond acceptors (Lipinski definition) is 4. The maximum absolute atomic E-state index is 12.4. The van der Waals surface area contributed by atoms with Gasteiger partial charge in [-0.05, 0) is 30.9 Å². The lowest BCUT2D eigenvalue weighted by Gasteiger charge is -2.18. The van der Waals surface area contributed by atoms with Gasteiger partial charge in [0.15, 0.2) is 0 Å². The summed E-state index contributed by atoms with van der Waals surface area (Å²) in [5.41, 5.74) is 0. The lowest BCUT2D eigenvalue weighted by molar-refractivity contribution is 0.451. The molecule has 8 heteroatoms. The van der Waals surface area contributed by atoms with Gasteiger partial charge in [0.25, 0.3) is 0 Å². The predicted molar refractivity (Wildman–Crippen MR) is 70.4 cm³/mol. The van der Waals surface area contributed by atoms with Crippen LogP contribution in [-0.4, -0.2) is 34.7 Å². The minimum Gasteiger partial charge on any atom is -0.225 e. The zero-order chi connectivity index (χ0) is 14.3. The Kier molecular flexibility index (Phi) is 3.69. The van der Waals surface area contributed by atoms with Gasteiger partial charge in [-0.25, -0.2) is 26.3 Å². The fourth-order valence-electron chi connectivity index (χ4n) is 1.83. The summed E-state index contributed by atoms with van der Waals surface area (Å²) in [5.74, 6) is 0.376. The third-order valence-electron chi connectivity index (χ3n) is 3.06. The number of rotatable bonds is 5. The number of benzene rings is 1. The van der Waals surface area contributed by atoms with Gasteiger partial charge in [-0.1, -0.05) is 12.1 Å². The standard InChI is InChI=1S/C11H16N2O4S2/c1-13(8-9-6-7-9)19(16,17)11-5-3-2-4-10(11)18(12,14)15/h2-5,9H,6-8H2,1H3,(H2,12,14,15). The molecular formula is C11H16N2O4S2. The molecular weight excluding hydrogens is 288 g/mol. The van der Waals surface area contributed by atoms with E-state index in [1.807, 2.05) is 0 Å². The quantitative estimate of drug-likeness (QED) is 0.849. The van der Waals surface area contributed by atoms with E-state index in [9.17, 15) is 16.8 Å². The minimum absolute atomic E-state index is 0.263. The van der Waals surface area contributed by atoms with Gasteiger partial charge < -0.3 is 0 Å². The predicted octanol–water partition coefficient (Wildman–Crippen LogP) is 0.365. The Morgan fingerprint density at radius 3 is 2.16 bits per heavy atom. The van der Waals surface area contributed by atoms with Crippen molar-refractivity contribution in [1.29, 1.82) is 0 Å². The summed E-state index contributed by atoms with van der Waals surface area (Å²) in [4.78, 5) is -0.627. The lowest BCUT2D eigenvalue weighted by atomic mass is 10.4. The molecule has 0 spiro atoms. The first-order valence-electron chi connectivity index (χ1n) is 5.81. The maximum atomic E-state index is 12.4. The van der Waals surface area contributed by atoms with E-state index in [1.165, 1.54) is 35.6 Å². The molecule has 0 bridgehead atoms. The zero-order valence-corrected chi connectivity index (χ0v) is 12.1. The second kappa shape index (κ2) is 4.86. The Morgan fingerprint density at radius 2 is 1.68 bits per heavy atom. The molecule has 2 N–H and O–H groups in total. The van der Waals surface area contributed by atoms with Crippen molar-refractivity contribution in [1.82, 2.24) is 4.31 Å². The SMILES string of the molecule is CN(CC1CC1)S(=O)(=O)c1ccccc1S(N)(=O)=O. The molecule has 1 aliphatic rings. The van der Waals surface area contributed by atoms with Gasteiger partial charge in [-0.3, -0.25) is 0 Å². The first-order chi connectivity index (χ1) is 8.73. The zero-order valence-electron chi connectivity index (χ0n) is 10.5. The van der Waals surface area contributed by atoms with E-state index in [1.54, 1.807) is 0 Å². The average molecular weight is 304 g/mol. The smallest absolute Gasteiger partial charge is 0.225 e. The topological polar surface area (TPSA) is 97.5 Å². The number of hydrogen-bond donors (Lipinski definition) is 1. The van der Waals surface area contributed by atoms with E-state index in [0.29, 0.717) is 12.5 Å². The van der Waals surface area contributed by atoms with Crippen LogP contribution in [0.2, 0.25) is 0 Å². The molecule has 0 heterocycles. The number of sulfonamides is 2. The van der Waals surface area contributed by atoms with Crippen molar-refractivity contribution in [2.75, 3.05) is 13.6 Å². The second-order valence-corrected chi connectivity index (χ2v) is 8.26. The van der Waals surface area contributed by atoms with E-state index in [2.05, 4.69) is 0 Å². The summed E-state index contributed by atoms with van der Waals surface area (Å²) in [7, 11) is -6.45. The van der Waals surface area contributed by atoms with Crippen LogP contribution < -0.4 is 5.14 Å². The van der Waals surface area contributed by atoms with E-state index in [4.69, 9.17) is 5.14 Å². The molecule has 19 heavy (non-hydrogen) atoms. The van der Waals surface area contributed by atoms with Crippen LogP contribution in [0.5, 0.6) is 0 Å². The van der Waals surface area contributed by atoms with Crippen LogP contribution in [-0.2, 0) is 20.0 Å². The maximum Gasteiger partial charge on any atom is 0.244 e. The van der Waals surface area contributed by atoms with Gasteiger partial charge in [0.1, 0.15) is 9.79 Å². The first kappa shape index (κ1) is 14.4. The molecule has 1 aliphatic carbocycles. The number of primary sulfonamides is 1. The van der Waals surface area contributed by atoms with Crippen molar-refractivity contribution in [3.8, 4) is 0 Å². The number of nitrogens with zero attached hydrogens (tertiary/aromatic N) is 1. The summed E-state index contributed by atoms with van der Waals surface area (Å²) in [5, 5.41) is 5.06. The summed E-state index contributed by atoms with van der Waals surface area (Å²) in [6.07, 6.45) is 2.02. The van der Waals surface area contributed by atoms with Gasteiger partial charge >= 0.3 is 0 Å². The lowest BCUT2D eigenvalue weighted by Crippen LogP contribution is -2.30. The fraction of sp³-hybridized carbons (Fsp3) is 0.455. The Morgan fingerprint density at radius 1 is 1.16 bits per heavy atom. The van der Waals surface area contributed by atoms with E-state index in [0.717, 1.165) is 12.8 Å². The van der Waals surface area contributed by atoms with Crippen molar-refractivity contribution < 1.29 is 16.8 Å². The molecule has 0 unspecified atom stereocenters. The van der Waals surface area contributed by atoms with Crippen LogP contribution in [0.25, 0.3) is 0 Å². The largest absolute Gasteiger partial charge is 0.244 e. The normalized spacial score (nSPS) is 16.8. The third-order valence-corrected chi connectivity index (χ3v) is 6.04. The van der Waals surface area contributed by atoms with Crippen LogP contribution in [0.4, 0.5) is 0 Å². The molecule has 0 aromatic heterocycles. The molecule has 0 atom stereocenters. The Bertz CT molecular complexity index is 678. The molecule has 106 valence electrons.